The predicted octanol–water partition coefficient (Wildman–Crippen LogP) is 4.52. The average Bonchev–Trinajstić information content (AvgIpc) is 3.47. The summed E-state index contributed by atoms with van der Waals surface area (Å²) in [7, 11) is 0. The van der Waals surface area contributed by atoms with Crippen molar-refractivity contribution in [1.29, 1.82) is 0 Å². The molecular weight excluding hydrogens is 398 g/mol. The van der Waals surface area contributed by atoms with Crippen LogP contribution in [0.3, 0.4) is 0 Å². The van der Waals surface area contributed by atoms with Gasteiger partial charge in [0, 0.05) is 12.2 Å². The first-order chi connectivity index (χ1) is 14.8. The van der Waals surface area contributed by atoms with Crippen LogP contribution in [0.2, 0.25) is 0 Å². The van der Waals surface area contributed by atoms with Gasteiger partial charge in [-0.25, -0.2) is 9.97 Å². The topological polar surface area (TPSA) is 70.2 Å². The number of hydrogen-bond acceptors (Lipinski definition) is 6. The lowest BCUT2D eigenvalue weighted by Crippen LogP contribution is -2.28. The number of oxazole rings is 1. The van der Waals surface area contributed by atoms with Crippen LogP contribution in [-0.4, -0.2) is 27.2 Å². The summed E-state index contributed by atoms with van der Waals surface area (Å²) < 4.78 is 13.4. The second-order valence-corrected chi connectivity index (χ2v) is 8.18. The van der Waals surface area contributed by atoms with Gasteiger partial charge < -0.3 is 9.15 Å². The molecule has 1 aliphatic heterocycles. The fraction of sp³-hybridized carbons (Fsp3) is 0.261. The maximum atomic E-state index is 13.2. The van der Waals surface area contributed by atoms with Gasteiger partial charge in [-0.3, -0.25) is 9.36 Å². The lowest BCUT2D eigenvalue weighted by Gasteiger charge is -2.16. The van der Waals surface area contributed by atoms with Gasteiger partial charge in [0.1, 0.15) is 0 Å². The summed E-state index contributed by atoms with van der Waals surface area (Å²) in [5.74, 6) is 1.82. The highest BCUT2D eigenvalue weighted by Gasteiger charge is 2.20. The standard InChI is InChI=1S/C23H21N3O3S/c27-22-18-10-4-5-11-19(18)25-23(26(22)14-17-9-6-12-28-17)30-15-21-24-13-20(29-21)16-7-2-1-3-8-16/h1-5,7-8,10-11,13,17H,6,9,12,14-15H2/t17-/m1/s1. The first-order valence-electron chi connectivity index (χ1n) is 10.0. The Kier molecular flexibility index (Phi) is 5.38. The number of fused-ring (bicyclic) bond motifs is 1. The normalized spacial score (nSPS) is 16.3. The maximum absolute atomic E-state index is 13.2. The van der Waals surface area contributed by atoms with Gasteiger partial charge in [-0.15, -0.1) is 0 Å². The Morgan fingerprint density at radius 2 is 1.93 bits per heavy atom. The number of para-hydroxylation sites is 1. The molecule has 0 spiro atoms. The molecule has 1 atom stereocenters. The zero-order valence-corrected chi connectivity index (χ0v) is 17.2. The number of rotatable bonds is 6. The van der Waals surface area contributed by atoms with E-state index in [1.165, 1.54) is 11.8 Å². The SMILES string of the molecule is O=c1c2ccccc2nc(SCc2ncc(-c3ccccc3)o2)n1C[C@H]1CCCO1. The van der Waals surface area contributed by atoms with Gasteiger partial charge in [-0.05, 0) is 25.0 Å². The van der Waals surface area contributed by atoms with Crippen LogP contribution in [0.25, 0.3) is 22.2 Å². The van der Waals surface area contributed by atoms with E-state index in [9.17, 15) is 4.79 Å². The Bertz CT molecular complexity index is 1210. The molecule has 0 aliphatic carbocycles. The fourth-order valence-corrected chi connectivity index (χ4v) is 4.51. The minimum Gasteiger partial charge on any atom is -0.440 e. The van der Waals surface area contributed by atoms with E-state index in [1.807, 2.05) is 54.6 Å². The molecule has 0 bridgehead atoms. The summed E-state index contributed by atoms with van der Waals surface area (Å²) in [6.07, 6.45) is 3.78. The molecule has 4 aromatic rings. The number of thioether (sulfide) groups is 1. The van der Waals surface area contributed by atoms with E-state index in [1.54, 1.807) is 10.8 Å². The summed E-state index contributed by atoms with van der Waals surface area (Å²) in [4.78, 5) is 22.3. The lowest BCUT2D eigenvalue weighted by molar-refractivity contribution is 0.0937. The van der Waals surface area contributed by atoms with Gasteiger partial charge in [-0.2, -0.15) is 0 Å². The van der Waals surface area contributed by atoms with Gasteiger partial charge >= 0.3 is 0 Å². The van der Waals surface area contributed by atoms with Crippen molar-refractivity contribution in [2.45, 2.75) is 36.4 Å². The van der Waals surface area contributed by atoms with E-state index in [0.29, 0.717) is 34.2 Å². The van der Waals surface area contributed by atoms with E-state index in [0.717, 1.165) is 30.8 Å². The van der Waals surface area contributed by atoms with Crippen molar-refractivity contribution in [2.24, 2.45) is 0 Å². The fourth-order valence-electron chi connectivity index (χ4n) is 3.65. The minimum atomic E-state index is -0.0315. The molecule has 5 rings (SSSR count). The highest BCUT2D eigenvalue weighted by molar-refractivity contribution is 7.98. The molecule has 7 heteroatoms. The maximum Gasteiger partial charge on any atom is 0.262 e. The first kappa shape index (κ1) is 19.1. The van der Waals surface area contributed by atoms with Crippen LogP contribution in [0.4, 0.5) is 0 Å². The molecule has 0 radical (unpaired) electrons. The lowest BCUT2D eigenvalue weighted by atomic mass is 10.2. The van der Waals surface area contributed by atoms with Gasteiger partial charge in [0.25, 0.3) is 5.56 Å². The van der Waals surface area contributed by atoms with Gasteiger partial charge in [-0.1, -0.05) is 54.2 Å². The zero-order chi connectivity index (χ0) is 20.3. The van der Waals surface area contributed by atoms with Crippen LogP contribution in [0.5, 0.6) is 0 Å². The summed E-state index contributed by atoms with van der Waals surface area (Å²) in [5, 5.41) is 1.29. The van der Waals surface area contributed by atoms with E-state index in [-0.39, 0.29) is 11.7 Å². The Labute approximate surface area is 177 Å². The highest BCUT2D eigenvalue weighted by atomic mass is 32.2. The van der Waals surface area contributed by atoms with Gasteiger partial charge in [0.05, 0.1) is 35.5 Å². The smallest absolute Gasteiger partial charge is 0.262 e. The molecule has 1 fully saturated rings. The van der Waals surface area contributed by atoms with Crippen molar-refractivity contribution in [1.82, 2.24) is 14.5 Å². The molecule has 0 unspecified atom stereocenters. The second kappa shape index (κ2) is 8.45. The molecular formula is C23H21N3O3S. The molecule has 6 nitrogen and oxygen atoms in total. The van der Waals surface area contributed by atoms with Crippen LogP contribution in [0.1, 0.15) is 18.7 Å². The van der Waals surface area contributed by atoms with E-state index in [4.69, 9.17) is 14.1 Å². The Morgan fingerprint density at radius 3 is 2.77 bits per heavy atom. The van der Waals surface area contributed by atoms with E-state index in [2.05, 4.69) is 4.98 Å². The van der Waals surface area contributed by atoms with Crippen LogP contribution in [0, 0.1) is 0 Å². The molecule has 0 saturated carbocycles. The second-order valence-electron chi connectivity index (χ2n) is 7.24. The van der Waals surface area contributed by atoms with E-state index >= 15 is 0 Å². The summed E-state index contributed by atoms with van der Waals surface area (Å²) in [6.45, 7) is 1.27. The van der Waals surface area contributed by atoms with Gasteiger partial charge in [0.15, 0.2) is 10.9 Å². The molecule has 1 saturated heterocycles. The summed E-state index contributed by atoms with van der Waals surface area (Å²) in [5.41, 5.74) is 1.65. The van der Waals surface area contributed by atoms with Crippen LogP contribution in [0.15, 0.2) is 75.2 Å². The van der Waals surface area contributed by atoms with Crippen molar-refractivity contribution in [3.8, 4) is 11.3 Å². The quantitative estimate of drug-likeness (QED) is 0.338. The summed E-state index contributed by atoms with van der Waals surface area (Å²) in [6, 6.07) is 17.3. The minimum absolute atomic E-state index is 0.0315. The van der Waals surface area contributed by atoms with Crippen LogP contribution in [-0.2, 0) is 17.0 Å². The number of nitrogens with zero attached hydrogens (tertiary/aromatic N) is 3. The molecule has 1 aliphatic rings. The van der Waals surface area contributed by atoms with Crippen LogP contribution < -0.4 is 5.56 Å². The third-order valence-electron chi connectivity index (χ3n) is 5.17. The van der Waals surface area contributed by atoms with Crippen LogP contribution >= 0.6 is 11.8 Å². The average molecular weight is 420 g/mol. The van der Waals surface area contributed by atoms with E-state index < -0.39 is 0 Å². The van der Waals surface area contributed by atoms with Crippen molar-refractivity contribution >= 4 is 22.7 Å². The largest absolute Gasteiger partial charge is 0.440 e. The number of benzene rings is 2. The zero-order valence-electron chi connectivity index (χ0n) is 16.4. The number of ether oxygens (including phenoxy) is 1. The summed E-state index contributed by atoms with van der Waals surface area (Å²) >= 11 is 1.46. The molecule has 152 valence electrons. The Balaban J connectivity index is 1.43. The number of hydrogen-bond donors (Lipinski definition) is 0. The Hall–Kier alpha value is -2.90. The molecule has 0 amide bonds. The molecule has 30 heavy (non-hydrogen) atoms. The monoisotopic (exact) mass is 419 g/mol. The molecule has 2 aromatic carbocycles. The molecule has 0 N–H and O–H groups in total. The third kappa shape index (κ3) is 3.91. The first-order valence-corrected chi connectivity index (χ1v) is 11.0. The van der Waals surface area contributed by atoms with Crippen molar-refractivity contribution in [3.05, 3.63) is 77.0 Å². The molecule has 2 aromatic heterocycles. The molecule has 3 heterocycles. The van der Waals surface area contributed by atoms with Crippen molar-refractivity contribution in [3.63, 3.8) is 0 Å². The third-order valence-corrected chi connectivity index (χ3v) is 6.13. The van der Waals surface area contributed by atoms with Crippen molar-refractivity contribution < 1.29 is 9.15 Å². The Morgan fingerprint density at radius 1 is 1.10 bits per heavy atom. The predicted molar refractivity (Wildman–Crippen MR) is 116 cm³/mol. The highest BCUT2D eigenvalue weighted by Crippen LogP contribution is 2.26. The van der Waals surface area contributed by atoms with Crippen molar-refractivity contribution in [2.75, 3.05) is 6.61 Å². The number of aromatic nitrogens is 3. The van der Waals surface area contributed by atoms with Gasteiger partial charge in [0.2, 0.25) is 5.89 Å².